The van der Waals surface area contributed by atoms with Crippen molar-refractivity contribution in [2.75, 3.05) is 5.75 Å². The van der Waals surface area contributed by atoms with Gasteiger partial charge < -0.3 is 10.4 Å². The zero-order valence-corrected chi connectivity index (χ0v) is 38.1. The predicted octanol–water partition coefficient (Wildman–Crippen LogP) is 15.1. The molecule has 0 aromatic rings. The summed E-state index contributed by atoms with van der Waals surface area (Å²) in [6, 6.07) is -1.06. The average Bonchev–Trinajstić information content (AvgIpc) is 3.16. The second-order valence-corrected chi connectivity index (χ2v) is 18.6. The molecule has 0 aliphatic rings. The van der Waals surface area contributed by atoms with Gasteiger partial charge in [0, 0.05) is 6.42 Å². The van der Waals surface area contributed by atoms with Gasteiger partial charge in [-0.3, -0.25) is 9.35 Å². The molecule has 0 aliphatic heterocycles. The zero-order chi connectivity index (χ0) is 41.1. The van der Waals surface area contributed by atoms with E-state index >= 15 is 0 Å². The van der Waals surface area contributed by atoms with Crippen LogP contribution in [0.1, 0.15) is 264 Å². The molecule has 2 unspecified atom stereocenters. The van der Waals surface area contributed by atoms with E-state index < -0.39 is 28.0 Å². The van der Waals surface area contributed by atoms with E-state index in [0.717, 1.165) is 38.5 Å². The van der Waals surface area contributed by atoms with E-state index in [1.54, 1.807) is 6.08 Å². The van der Waals surface area contributed by atoms with Crippen molar-refractivity contribution in [3.63, 3.8) is 0 Å². The van der Waals surface area contributed by atoms with Gasteiger partial charge in [0.1, 0.15) is 0 Å². The van der Waals surface area contributed by atoms with Crippen molar-refractivity contribution in [2.45, 2.75) is 276 Å². The lowest BCUT2D eigenvalue weighted by atomic mass is 10.0. The smallest absolute Gasteiger partial charge is 0.267 e. The molecular formula is C49H95NO5S. The molecule has 0 fully saturated rings. The van der Waals surface area contributed by atoms with Crippen LogP contribution in [0.15, 0.2) is 24.3 Å². The molecule has 2 atom stereocenters. The number of carbonyl (C=O) groups excluding carboxylic acids is 1. The first-order chi connectivity index (χ1) is 27.3. The van der Waals surface area contributed by atoms with Crippen molar-refractivity contribution in [3.05, 3.63) is 24.3 Å². The number of rotatable bonds is 45. The van der Waals surface area contributed by atoms with Gasteiger partial charge in [-0.2, -0.15) is 8.42 Å². The van der Waals surface area contributed by atoms with Gasteiger partial charge in [-0.15, -0.1) is 0 Å². The molecule has 3 N–H and O–H groups in total. The highest BCUT2D eigenvalue weighted by Crippen LogP contribution is 2.16. The minimum absolute atomic E-state index is 0.276. The Bertz CT molecular complexity index is 981. The minimum Gasteiger partial charge on any atom is -0.387 e. The first kappa shape index (κ1) is 54.8. The van der Waals surface area contributed by atoms with Crippen LogP contribution in [0.3, 0.4) is 0 Å². The molecule has 0 spiro atoms. The summed E-state index contributed by atoms with van der Waals surface area (Å²) in [6.45, 7) is 4.55. The van der Waals surface area contributed by atoms with Crippen molar-refractivity contribution < 1.29 is 22.9 Å². The Kier molecular flexibility index (Phi) is 42.5. The van der Waals surface area contributed by atoms with E-state index in [1.165, 1.54) is 205 Å². The number of hydrogen-bond donors (Lipinski definition) is 3. The molecule has 0 aromatic carbocycles. The third kappa shape index (κ3) is 43.9. The molecule has 0 aromatic heterocycles. The van der Waals surface area contributed by atoms with Crippen LogP contribution in [0.4, 0.5) is 0 Å². The van der Waals surface area contributed by atoms with Gasteiger partial charge in [-0.1, -0.05) is 237 Å². The molecule has 0 bridgehead atoms. The Balaban J connectivity index is 3.81. The van der Waals surface area contributed by atoms with E-state index in [9.17, 15) is 22.9 Å². The lowest BCUT2D eigenvalue weighted by Crippen LogP contribution is -2.46. The Labute approximate surface area is 349 Å². The van der Waals surface area contributed by atoms with Crippen LogP contribution in [-0.2, 0) is 14.9 Å². The summed E-state index contributed by atoms with van der Waals surface area (Å²) in [5.41, 5.74) is 0. The van der Waals surface area contributed by atoms with E-state index in [4.69, 9.17) is 0 Å². The van der Waals surface area contributed by atoms with Crippen molar-refractivity contribution in [3.8, 4) is 0 Å². The number of nitrogens with one attached hydrogen (secondary N) is 1. The Morgan fingerprint density at radius 1 is 0.464 bits per heavy atom. The SMILES string of the molecule is CCCCCCCCCC/C=C\CCCCCCCCCCCC(=O)NC(CS(=O)(=O)O)C(O)/C=C/CCCCCCCCCCCCCCCCCCCC. The lowest BCUT2D eigenvalue weighted by Gasteiger charge is -2.21. The molecule has 1 amide bonds. The highest BCUT2D eigenvalue weighted by atomic mass is 32.2. The van der Waals surface area contributed by atoms with Crippen LogP contribution in [0.25, 0.3) is 0 Å². The molecule has 0 rings (SSSR count). The van der Waals surface area contributed by atoms with Gasteiger partial charge in [0.25, 0.3) is 10.1 Å². The van der Waals surface area contributed by atoms with E-state index in [2.05, 4.69) is 31.3 Å². The second-order valence-electron chi connectivity index (χ2n) is 17.1. The van der Waals surface area contributed by atoms with E-state index in [0.29, 0.717) is 6.42 Å². The van der Waals surface area contributed by atoms with E-state index in [-0.39, 0.29) is 5.91 Å². The normalized spacial score (nSPS) is 13.3. The van der Waals surface area contributed by atoms with E-state index in [1.807, 2.05) is 6.08 Å². The number of aliphatic hydroxyl groups excluding tert-OH is 1. The molecule has 332 valence electrons. The van der Waals surface area contributed by atoms with Crippen LogP contribution in [0.5, 0.6) is 0 Å². The van der Waals surface area contributed by atoms with Crippen molar-refractivity contribution in [1.29, 1.82) is 0 Å². The molecule has 0 heterocycles. The number of allylic oxidation sites excluding steroid dienone is 3. The van der Waals surface area contributed by atoms with Crippen molar-refractivity contribution in [1.82, 2.24) is 5.32 Å². The van der Waals surface area contributed by atoms with Crippen LogP contribution in [-0.4, -0.2) is 41.9 Å². The summed E-state index contributed by atoms with van der Waals surface area (Å²) in [6.07, 6.45) is 56.1. The Morgan fingerprint density at radius 2 is 0.750 bits per heavy atom. The minimum atomic E-state index is -4.35. The molecule has 0 radical (unpaired) electrons. The number of unbranched alkanes of at least 4 members (excludes halogenated alkanes) is 35. The maximum Gasteiger partial charge on any atom is 0.267 e. The number of aliphatic hydroxyl groups is 1. The van der Waals surface area contributed by atoms with Gasteiger partial charge in [0.05, 0.1) is 17.9 Å². The quantitative estimate of drug-likeness (QED) is 0.0323. The van der Waals surface area contributed by atoms with Gasteiger partial charge in [0.2, 0.25) is 5.91 Å². The zero-order valence-electron chi connectivity index (χ0n) is 37.3. The summed E-state index contributed by atoms with van der Waals surface area (Å²) in [7, 11) is -4.35. The third-order valence-corrected chi connectivity index (χ3v) is 12.2. The standard InChI is InChI=1S/C49H95NO5S/c1-3-5-7-9-11-13-15-17-19-21-23-25-27-29-31-33-35-37-39-41-43-45-49(52)50-47(46-56(53,54)55)48(51)44-42-40-38-36-34-32-30-28-26-24-22-20-18-16-14-12-10-8-6-4-2/h21,23,42,44,47-48,51H,3-20,22,24-41,43,45-46H2,1-2H3,(H,50,52)(H,53,54,55)/b23-21-,44-42+. The summed E-state index contributed by atoms with van der Waals surface area (Å²) in [4.78, 5) is 12.6. The Hall–Kier alpha value is -1.18. The summed E-state index contributed by atoms with van der Waals surface area (Å²) >= 11 is 0. The highest BCUT2D eigenvalue weighted by molar-refractivity contribution is 7.85. The second kappa shape index (κ2) is 43.4. The van der Waals surface area contributed by atoms with Gasteiger partial charge in [-0.05, 0) is 44.9 Å². The average molecular weight is 810 g/mol. The molecule has 0 saturated carbocycles. The monoisotopic (exact) mass is 810 g/mol. The summed E-state index contributed by atoms with van der Waals surface area (Å²) in [5.74, 6) is -0.972. The molecular weight excluding hydrogens is 715 g/mol. The predicted molar refractivity (Wildman–Crippen MR) is 244 cm³/mol. The first-order valence-electron chi connectivity index (χ1n) is 24.5. The lowest BCUT2D eigenvalue weighted by molar-refractivity contribution is -0.122. The summed E-state index contributed by atoms with van der Waals surface area (Å²) in [5, 5.41) is 13.3. The fraction of sp³-hybridized carbons (Fsp3) is 0.898. The molecule has 56 heavy (non-hydrogen) atoms. The van der Waals surface area contributed by atoms with Crippen LogP contribution < -0.4 is 5.32 Å². The third-order valence-electron chi connectivity index (χ3n) is 11.4. The first-order valence-corrected chi connectivity index (χ1v) is 26.1. The number of carbonyl (C=O) groups is 1. The van der Waals surface area contributed by atoms with Gasteiger partial charge >= 0.3 is 0 Å². The molecule has 7 heteroatoms. The fourth-order valence-electron chi connectivity index (χ4n) is 7.68. The molecule has 6 nitrogen and oxygen atoms in total. The number of amides is 1. The number of hydrogen-bond acceptors (Lipinski definition) is 4. The highest BCUT2D eigenvalue weighted by Gasteiger charge is 2.24. The van der Waals surface area contributed by atoms with Crippen LogP contribution in [0, 0.1) is 0 Å². The topological polar surface area (TPSA) is 104 Å². The largest absolute Gasteiger partial charge is 0.387 e. The van der Waals surface area contributed by atoms with Gasteiger partial charge in [-0.25, -0.2) is 0 Å². The van der Waals surface area contributed by atoms with Gasteiger partial charge in [0.15, 0.2) is 0 Å². The Morgan fingerprint density at radius 3 is 1.07 bits per heavy atom. The fourth-order valence-corrected chi connectivity index (χ4v) is 8.42. The van der Waals surface area contributed by atoms with Crippen molar-refractivity contribution >= 4 is 16.0 Å². The van der Waals surface area contributed by atoms with Crippen LogP contribution in [0.2, 0.25) is 0 Å². The maximum atomic E-state index is 12.6. The molecule has 0 aliphatic carbocycles. The van der Waals surface area contributed by atoms with Crippen LogP contribution >= 0.6 is 0 Å². The maximum absolute atomic E-state index is 12.6. The van der Waals surface area contributed by atoms with Crippen molar-refractivity contribution in [2.24, 2.45) is 0 Å². The molecule has 0 saturated heterocycles. The summed E-state index contributed by atoms with van der Waals surface area (Å²) < 4.78 is 32.6.